The molecular formula is C42H42N8. The summed E-state index contributed by atoms with van der Waals surface area (Å²) in [7, 11) is 0. The van der Waals surface area contributed by atoms with Gasteiger partial charge in [0.1, 0.15) is 0 Å². The Bertz CT molecular complexity index is 2210. The zero-order valence-corrected chi connectivity index (χ0v) is 28.2. The van der Waals surface area contributed by atoms with Crippen LogP contribution in [0.25, 0.3) is 32.9 Å². The Morgan fingerprint density at radius 2 is 1.34 bits per heavy atom. The smallest absolute Gasteiger partial charge is 0.0802 e. The average Bonchev–Trinajstić information content (AvgIpc) is 3.59. The number of unbranched alkanes of at least 4 members (excludes halogenated alkanes) is 3. The fourth-order valence-electron chi connectivity index (χ4n) is 7.54. The summed E-state index contributed by atoms with van der Waals surface area (Å²) in [6.45, 7) is 2.41. The molecule has 50 heavy (non-hydrogen) atoms. The maximum atomic E-state index is 6.36. The largest absolute Gasteiger partial charge is 0.399 e. The lowest BCUT2D eigenvalue weighted by atomic mass is 9.84. The monoisotopic (exact) mass is 658 g/mol. The molecule has 0 saturated heterocycles. The first-order valence-corrected chi connectivity index (χ1v) is 17.6. The number of nitrogens with zero attached hydrogens (tertiary/aromatic N) is 5. The molecule has 5 N–H and O–H groups in total. The van der Waals surface area contributed by atoms with Gasteiger partial charge in [-0.1, -0.05) is 96.9 Å². The molecule has 2 aromatic heterocycles. The Morgan fingerprint density at radius 1 is 0.660 bits per heavy atom. The molecule has 0 bridgehead atoms. The van der Waals surface area contributed by atoms with Crippen molar-refractivity contribution in [2.75, 3.05) is 34.8 Å². The molecule has 8 nitrogen and oxygen atoms in total. The highest BCUT2D eigenvalue weighted by Gasteiger charge is 2.32. The van der Waals surface area contributed by atoms with Crippen LogP contribution in [0.2, 0.25) is 0 Å². The van der Waals surface area contributed by atoms with Crippen molar-refractivity contribution in [2.45, 2.75) is 44.7 Å². The molecule has 1 atom stereocenters. The van der Waals surface area contributed by atoms with Crippen LogP contribution < -0.4 is 21.7 Å². The molecule has 1 aliphatic rings. The zero-order chi connectivity index (χ0) is 33.9. The lowest BCUT2D eigenvalue weighted by Gasteiger charge is -2.41. The summed E-state index contributed by atoms with van der Waals surface area (Å²) < 4.78 is 2.04. The van der Waals surface area contributed by atoms with Gasteiger partial charge in [0.2, 0.25) is 0 Å². The fourth-order valence-corrected chi connectivity index (χ4v) is 7.54. The summed E-state index contributed by atoms with van der Waals surface area (Å²) in [4.78, 5) is 7.39. The molecule has 0 saturated carbocycles. The van der Waals surface area contributed by atoms with Crippen molar-refractivity contribution in [2.24, 2.45) is 0 Å². The highest BCUT2D eigenvalue weighted by atomic mass is 15.4. The van der Waals surface area contributed by atoms with E-state index in [2.05, 4.69) is 112 Å². The van der Waals surface area contributed by atoms with Gasteiger partial charge in [0.15, 0.2) is 0 Å². The predicted octanol–water partition coefficient (Wildman–Crippen LogP) is 8.64. The molecule has 250 valence electrons. The van der Waals surface area contributed by atoms with Crippen LogP contribution in [-0.2, 0) is 13.0 Å². The Kier molecular flexibility index (Phi) is 8.74. The number of aryl methyl sites for hydroxylation is 1. The van der Waals surface area contributed by atoms with Crippen LogP contribution in [0.3, 0.4) is 0 Å². The van der Waals surface area contributed by atoms with Crippen molar-refractivity contribution in [3.05, 3.63) is 138 Å². The summed E-state index contributed by atoms with van der Waals surface area (Å²) in [5.41, 5.74) is 24.7. The lowest BCUT2D eigenvalue weighted by molar-refractivity contribution is 0.558. The van der Waals surface area contributed by atoms with E-state index in [4.69, 9.17) is 16.5 Å². The molecule has 5 aromatic carbocycles. The van der Waals surface area contributed by atoms with Crippen molar-refractivity contribution in [3.63, 3.8) is 0 Å². The second-order valence-electron chi connectivity index (χ2n) is 13.2. The van der Waals surface area contributed by atoms with Crippen molar-refractivity contribution in [1.29, 1.82) is 0 Å². The van der Waals surface area contributed by atoms with Crippen LogP contribution in [0.5, 0.6) is 0 Å². The van der Waals surface area contributed by atoms with Crippen LogP contribution in [0, 0.1) is 0 Å². The number of hydrogen-bond acceptors (Lipinski definition) is 7. The number of pyridine rings is 1. The van der Waals surface area contributed by atoms with Crippen molar-refractivity contribution < 1.29 is 0 Å². The number of rotatable bonds is 12. The van der Waals surface area contributed by atoms with E-state index in [1.807, 2.05) is 35.1 Å². The van der Waals surface area contributed by atoms with E-state index in [1.54, 1.807) is 0 Å². The highest BCUT2D eigenvalue weighted by molar-refractivity contribution is 6.07. The third-order valence-corrected chi connectivity index (χ3v) is 9.91. The van der Waals surface area contributed by atoms with E-state index in [0.717, 1.165) is 90.6 Å². The number of fused-ring (bicyclic) bond motifs is 5. The van der Waals surface area contributed by atoms with Gasteiger partial charge in [-0.3, -0.25) is 0 Å². The zero-order valence-electron chi connectivity index (χ0n) is 28.2. The molecule has 0 fully saturated rings. The summed E-state index contributed by atoms with van der Waals surface area (Å²) in [6, 6.07) is 40.0. The van der Waals surface area contributed by atoms with Crippen LogP contribution in [0.15, 0.2) is 121 Å². The molecule has 0 radical (unpaired) electrons. The van der Waals surface area contributed by atoms with Gasteiger partial charge >= 0.3 is 0 Å². The summed E-state index contributed by atoms with van der Waals surface area (Å²) >= 11 is 0. The third kappa shape index (κ3) is 6.20. The SMILES string of the molecule is Nc1ccc2c(c1)C(c1ccccc1)N(CCCCCCc1cnnn1CCNc1c3ccccc3nc3ccccc13)c1cc(N)ccc1-2. The molecule has 1 unspecified atom stereocenters. The Balaban J connectivity index is 0.901. The number of nitrogens with two attached hydrogens (primary N) is 2. The molecular weight excluding hydrogens is 617 g/mol. The minimum absolute atomic E-state index is 0.0705. The molecule has 1 aliphatic heterocycles. The molecule has 0 spiro atoms. The minimum Gasteiger partial charge on any atom is -0.399 e. The first-order chi connectivity index (χ1) is 24.6. The number of nitrogens with one attached hydrogen (secondary N) is 1. The van der Waals surface area contributed by atoms with Crippen LogP contribution >= 0.6 is 0 Å². The fraction of sp³-hybridized carbons (Fsp3) is 0.214. The normalized spacial score (nSPS) is 13.8. The van der Waals surface area contributed by atoms with Crippen molar-refractivity contribution in [3.8, 4) is 11.1 Å². The van der Waals surface area contributed by atoms with Gasteiger partial charge in [0, 0.05) is 46.5 Å². The first-order valence-electron chi connectivity index (χ1n) is 17.6. The van der Waals surface area contributed by atoms with Gasteiger partial charge in [-0.15, -0.1) is 5.10 Å². The molecule has 0 amide bonds. The maximum absolute atomic E-state index is 6.36. The summed E-state index contributed by atoms with van der Waals surface area (Å²) in [5.74, 6) is 0. The van der Waals surface area contributed by atoms with Crippen molar-refractivity contribution >= 4 is 44.6 Å². The molecule has 7 aromatic rings. The predicted molar refractivity (Wildman–Crippen MR) is 206 cm³/mol. The molecule has 0 aliphatic carbocycles. The highest BCUT2D eigenvalue weighted by Crippen LogP contribution is 2.48. The Morgan fingerprint density at radius 3 is 2.12 bits per heavy atom. The first kappa shape index (κ1) is 31.4. The number of nitrogen functional groups attached to an aromatic ring is 2. The van der Waals surface area contributed by atoms with Gasteiger partial charge < -0.3 is 21.7 Å². The second-order valence-corrected chi connectivity index (χ2v) is 13.2. The van der Waals surface area contributed by atoms with Gasteiger partial charge in [0.25, 0.3) is 0 Å². The Labute approximate surface area is 292 Å². The number of benzene rings is 5. The van der Waals surface area contributed by atoms with E-state index in [0.29, 0.717) is 0 Å². The quantitative estimate of drug-likeness (QED) is 0.0685. The average molecular weight is 659 g/mol. The number of anilines is 4. The third-order valence-electron chi connectivity index (χ3n) is 9.91. The second kappa shape index (κ2) is 13.9. The topological polar surface area (TPSA) is 111 Å². The van der Waals surface area contributed by atoms with Gasteiger partial charge in [-0.2, -0.15) is 0 Å². The molecule has 3 heterocycles. The van der Waals surface area contributed by atoms with Gasteiger partial charge in [0.05, 0.1) is 41.2 Å². The van der Waals surface area contributed by atoms with E-state index >= 15 is 0 Å². The van der Waals surface area contributed by atoms with Crippen molar-refractivity contribution in [1.82, 2.24) is 20.0 Å². The van der Waals surface area contributed by atoms with E-state index in [1.165, 1.54) is 33.6 Å². The van der Waals surface area contributed by atoms with Crippen LogP contribution in [0.4, 0.5) is 22.7 Å². The van der Waals surface area contributed by atoms with E-state index in [9.17, 15) is 0 Å². The standard InChI is InChI=1S/C42H42N8/c43-30-19-21-33-34-22-20-31(44)27-40(34)49(42(37(33)26-30)29-12-4-3-5-13-29)24-11-2-1-6-14-32-28-46-48-50(32)25-23-45-41-35-15-7-9-17-38(35)47-39-18-10-8-16-36(39)41/h3-5,7-10,12-13,15-22,26-28,42H,1-2,6,11,14,23-25,43-44H2,(H,45,47). The number of aromatic nitrogens is 4. The lowest BCUT2D eigenvalue weighted by Crippen LogP contribution is -2.34. The summed E-state index contributed by atoms with van der Waals surface area (Å²) in [5, 5.41) is 14.6. The summed E-state index contributed by atoms with van der Waals surface area (Å²) in [6.07, 6.45) is 7.30. The van der Waals surface area contributed by atoms with Gasteiger partial charge in [-0.05, 0) is 72.4 Å². The minimum atomic E-state index is 0.0705. The van der Waals surface area contributed by atoms with E-state index in [-0.39, 0.29) is 6.04 Å². The van der Waals surface area contributed by atoms with E-state index < -0.39 is 0 Å². The Hall–Kier alpha value is -5.89. The molecule has 8 heteroatoms. The van der Waals surface area contributed by atoms with Gasteiger partial charge in [-0.25, -0.2) is 9.67 Å². The number of hydrogen-bond donors (Lipinski definition) is 3. The maximum Gasteiger partial charge on any atom is 0.0802 e. The molecule has 8 rings (SSSR count). The van der Waals surface area contributed by atoms with Crippen LogP contribution in [0.1, 0.15) is 48.5 Å². The van der Waals surface area contributed by atoms with Crippen LogP contribution in [-0.4, -0.2) is 33.1 Å². The number of para-hydroxylation sites is 2.